The van der Waals surface area contributed by atoms with Crippen molar-refractivity contribution in [1.29, 1.82) is 0 Å². The molecule has 1 heterocycles. The molecule has 0 aliphatic carbocycles. The topological polar surface area (TPSA) is 59.4 Å². The summed E-state index contributed by atoms with van der Waals surface area (Å²) in [5, 5.41) is 8.40. The molecule has 1 aromatic rings. The third-order valence-corrected chi connectivity index (χ3v) is 1.13. The van der Waals surface area contributed by atoms with Gasteiger partial charge in [-0.05, 0) is 18.7 Å². The molecule has 0 fully saturated rings. The van der Waals surface area contributed by atoms with Gasteiger partial charge in [-0.3, -0.25) is 4.98 Å². The molecular formula is C8H7NO3. The molecule has 0 atom stereocenters. The smallest absolute Gasteiger partial charge is 0.371 e. The Balaban J connectivity index is 2.65. The first kappa shape index (κ1) is 8.26. The third-order valence-electron chi connectivity index (χ3n) is 1.13. The average Bonchev–Trinajstić information content (AvgIpc) is 2.06. The molecule has 0 unspecified atom stereocenters. The minimum absolute atomic E-state index is 0.304. The van der Waals surface area contributed by atoms with Gasteiger partial charge in [0.15, 0.2) is 0 Å². The van der Waals surface area contributed by atoms with Gasteiger partial charge in [0.2, 0.25) is 5.76 Å². The van der Waals surface area contributed by atoms with Gasteiger partial charge in [0, 0.05) is 12.4 Å². The lowest BCUT2D eigenvalue weighted by atomic mass is 10.4. The summed E-state index contributed by atoms with van der Waals surface area (Å²) in [4.78, 5) is 14.0. The highest BCUT2D eigenvalue weighted by molar-refractivity contribution is 5.83. The maximum atomic E-state index is 10.3. The van der Waals surface area contributed by atoms with Gasteiger partial charge in [-0.15, -0.1) is 0 Å². The average molecular weight is 165 g/mol. The highest BCUT2D eigenvalue weighted by Gasteiger charge is 2.05. The van der Waals surface area contributed by atoms with Crippen LogP contribution in [0, 0.1) is 0 Å². The molecule has 1 N–H and O–H groups in total. The zero-order valence-electron chi connectivity index (χ0n) is 6.23. The summed E-state index contributed by atoms with van der Waals surface area (Å²) in [5.41, 5.74) is 0. The van der Waals surface area contributed by atoms with Crippen LogP contribution in [0.5, 0.6) is 5.75 Å². The minimum atomic E-state index is -1.17. The number of hydrogen-bond donors (Lipinski definition) is 1. The molecule has 0 aliphatic rings. The fraction of sp³-hybridized carbons (Fsp3) is 0. The molecule has 0 bridgehead atoms. The zero-order valence-corrected chi connectivity index (χ0v) is 6.23. The highest BCUT2D eigenvalue weighted by Crippen LogP contribution is 2.10. The predicted molar refractivity (Wildman–Crippen MR) is 41.6 cm³/mol. The quantitative estimate of drug-likeness (QED) is 0.537. The Morgan fingerprint density at radius 1 is 1.50 bits per heavy atom. The molecule has 0 aliphatic heterocycles. The molecule has 12 heavy (non-hydrogen) atoms. The first-order valence-electron chi connectivity index (χ1n) is 3.20. The molecule has 0 saturated carbocycles. The Morgan fingerprint density at radius 2 is 2.08 bits per heavy atom. The van der Waals surface area contributed by atoms with Crippen molar-refractivity contribution >= 4 is 5.97 Å². The van der Waals surface area contributed by atoms with Crippen LogP contribution in [0.4, 0.5) is 0 Å². The summed E-state index contributed by atoms with van der Waals surface area (Å²) in [5.74, 6) is -1.06. The summed E-state index contributed by atoms with van der Waals surface area (Å²) in [6.45, 7) is 3.21. The Morgan fingerprint density at radius 3 is 2.58 bits per heavy atom. The SMILES string of the molecule is C=C(Oc1ccncc1)C(=O)O. The lowest BCUT2D eigenvalue weighted by Gasteiger charge is -2.02. The maximum absolute atomic E-state index is 10.3. The molecule has 0 spiro atoms. The van der Waals surface area contributed by atoms with Gasteiger partial charge in [-0.1, -0.05) is 0 Å². The largest absolute Gasteiger partial charge is 0.475 e. The number of nitrogens with zero attached hydrogens (tertiary/aromatic N) is 1. The number of aromatic nitrogens is 1. The van der Waals surface area contributed by atoms with E-state index in [-0.39, 0.29) is 5.76 Å². The van der Waals surface area contributed by atoms with Gasteiger partial charge in [-0.25, -0.2) is 4.79 Å². The number of carbonyl (C=O) groups is 1. The van der Waals surface area contributed by atoms with Crippen LogP contribution in [0.25, 0.3) is 0 Å². The highest BCUT2D eigenvalue weighted by atomic mass is 16.5. The van der Waals surface area contributed by atoms with Gasteiger partial charge in [0.05, 0.1) is 0 Å². The van der Waals surface area contributed by atoms with Crippen LogP contribution in [0.2, 0.25) is 0 Å². The Labute approximate surface area is 69.1 Å². The van der Waals surface area contributed by atoms with Crippen LogP contribution < -0.4 is 4.74 Å². The van der Waals surface area contributed by atoms with Crippen molar-refractivity contribution in [3.63, 3.8) is 0 Å². The Bertz CT molecular complexity index is 294. The summed E-state index contributed by atoms with van der Waals surface area (Å²) in [6, 6.07) is 3.10. The summed E-state index contributed by atoms with van der Waals surface area (Å²) in [7, 11) is 0. The van der Waals surface area contributed by atoms with Gasteiger partial charge in [-0.2, -0.15) is 0 Å². The van der Waals surface area contributed by atoms with E-state index >= 15 is 0 Å². The molecule has 4 nitrogen and oxygen atoms in total. The second-order valence-electron chi connectivity index (χ2n) is 2.01. The van der Waals surface area contributed by atoms with E-state index in [4.69, 9.17) is 9.84 Å². The van der Waals surface area contributed by atoms with Crippen molar-refractivity contribution in [2.75, 3.05) is 0 Å². The number of aliphatic carboxylic acids is 1. The molecule has 4 heteroatoms. The van der Waals surface area contributed by atoms with Crippen LogP contribution in [0.15, 0.2) is 36.9 Å². The number of carboxylic acids is 1. The van der Waals surface area contributed by atoms with E-state index < -0.39 is 5.97 Å². The third kappa shape index (κ3) is 2.09. The summed E-state index contributed by atoms with van der Waals surface area (Å²) in [6.07, 6.45) is 3.01. The molecule has 0 amide bonds. The fourth-order valence-electron chi connectivity index (χ4n) is 0.592. The van der Waals surface area contributed by atoms with E-state index in [1.807, 2.05) is 0 Å². The zero-order chi connectivity index (χ0) is 8.97. The molecule has 0 aromatic carbocycles. The predicted octanol–water partition coefficient (Wildman–Crippen LogP) is 1.06. The van der Waals surface area contributed by atoms with Crippen molar-refractivity contribution in [2.24, 2.45) is 0 Å². The van der Waals surface area contributed by atoms with Crippen LogP contribution in [-0.2, 0) is 4.79 Å². The van der Waals surface area contributed by atoms with Crippen LogP contribution in [0.3, 0.4) is 0 Å². The van der Waals surface area contributed by atoms with Crippen LogP contribution in [-0.4, -0.2) is 16.1 Å². The summed E-state index contributed by atoms with van der Waals surface area (Å²) < 4.78 is 4.84. The Hall–Kier alpha value is -1.84. The number of ether oxygens (including phenoxy) is 1. The van der Waals surface area contributed by atoms with Crippen molar-refractivity contribution < 1.29 is 14.6 Å². The van der Waals surface area contributed by atoms with Gasteiger partial charge in [0.25, 0.3) is 0 Å². The second-order valence-corrected chi connectivity index (χ2v) is 2.01. The first-order chi connectivity index (χ1) is 5.70. The van der Waals surface area contributed by atoms with E-state index in [1.165, 1.54) is 12.4 Å². The van der Waals surface area contributed by atoms with Crippen molar-refractivity contribution in [3.05, 3.63) is 36.9 Å². The normalized spacial score (nSPS) is 9.00. The molecular weight excluding hydrogens is 158 g/mol. The van der Waals surface area contributed by atoms with Crippen molar-refractivity contribution in [3.8, 4) is 5.75 Å². The van der Waals surface area contributed by atoms with Crippen molar-refractivity contribution in [2.45, 2.75) is 0 Å². The van der Waals surface area contributed by atoms with E-state index in [9.17, 15) is 4.79 Å². The summed E-state index contributed by atoms with van der Waals surface area (Å²) >= 11 is 0. The lowest BCUT2D eigenvalue weighted by molar-refractivity contribution is -0.135. The maximum Gasteiger partial charge on any atom is 0.371 e. The molecule has 0 saturated heterocycles. The van der Waals surface area contributed by atoms with Gasteiger partial charge in [0.1, 0.15) is 5.75 Å². The van der Waals surface area contributed by atoms with E-state index in [0.717, 1.165) is 0 Å². The van der Waals surface area contributed by atoms with E-state index in [0.29, 0.717) is 5.75 Å². The van der Waals surface area contributed by atoms with Crippen LogP contribution in [0.1, 0.15) is 0 Å². The lowest BCUT2D eigenvalue weighted by Crippen LogP contribution is -2.05. The number of pyridine rings is 1. The fourth-order valence-corrected chi connectivity index (χ4v) is 0.592. The van der Waals surface area contributed by atoms with Crippen LogP contribution >= 0.6 is 0 Å². The van der Waals surface area contributed by atoms with E-state index in [1.54, 1.807) is 12.1 Å². The number of rotatable bonds is 3. The van der Waals surface area contributed by atoms with Gasteiger partial charge < -0.3 is 9.84 Å². The second kappa shape index (κ2) is 3.52. The van der Waals surface area contributed by atoms with Gasteiger partial charge >= 0.3 is 5.97 Å². The number of hydrogen-bond acceptors (Lipinski definition) is 3. The van der Waals surface area contributed by atoms with Crippen molar-refractivity contribution in [1.82, 2.24) is 4.98 Å². The molecule has 1 rings (SSSR count). The standard InChI is InChI=1S/C8H7NO3/c1-6(8(10)11)12-7-2-4-9-5-3-7/h2-5H,1H2,(H,10,11). The number of carboxylic acid groups (broad SMARTS) is 1. The molecule has 1 aromatic heterocycles. The first-order valence-corrected chi connectivity index (χ1v) is 3.20. The monoisotopic (exact) mass is 165 g/mol. The molecule has 0 radical (unpaired) electrons. The minimum Gasteiger partial charge on any atom is -0.475 e. The Kier molecular flexibility index (Phi) is 2.42. The van der Waals surface area contributed by atoms with E-state index in [2.05, 4.69) is 11.6 Å². The molecule has 62 valence electrons.